The van der Waals surface area contributed by atoms with Crippen molar-refractivity contribution in [3.63, 3.8) is 0 Å². The number of hydrogen-bond donors (Lipinski definition) is 1. The molecule has 0 amide bonds. The van der Waals surface area contributed by atoms with Crippen LogP contribution in [0.5, 0.6) is 5.75 Å². The van der Waals surface area contributed by atoms with Crippen LogP contribution in [0.25, 0.3) is 0 Å². The van der Waals surface area contributed by atoms with Gasteiger partial charge in [0.2, 0.25) is 0 Å². The lowest BCUT2D eigenvalue weighted by Crippen LogP contribution is -2.49. The molecule has 0 bridgehead atoms. The van der Waals surface area contributed by atoms with Gasteiger partial charge in [0.15, 0.2) is 6.61 Å². The maximum Gasteiger partial charge on any atom is 0.422 e. The van der Waals surface area contributed by atoms with Crippen LogP contribution >= 0.6 is 0 Å². The third-order valence-electron chi connectivity index (χ3n) is 6.22. The van der Waals surface area contributed by atoms with Crippen LogP contribution in [0.1, 0.15) is 18.4 Å². The Hall–Kier alpha value is -2.75. The first-order chi connectivity index (χ1) is 15.2. The molecule has 7 nitrogen and oxygen atoms in total. The van der Waals surface area contributed by atoms with Gasteiger partial charge >= 0.3 is 11.9 Å². The minimum absolute atomic E-state index is 0.0828. The van der Waals surface area contributed by atoms with Gasteiger partial charge < -0.3 is 14.6 Å². The van der Waals surface area contributed by atoms with Gasteiger partial charge in [0.25, 0.3) is 5.56 Å². The highest BCUT2D eigenvalue weighted by Gasteiger charge is 2.45. The van der Waals surface area contributed by atoms with Gasteiger partial charge in [0, 0.05) is 56.4 Å². The van der Waals surface area contributed by atoms with E-state index in [0.29, 0.717) is 30.9 Å². The summed E-state index contributed by atoms with van der Waals surface area (Å²) >= 11 is 0. The number of aromatic nitrogens is 2. The second-order valence-corrected chi connectivity index (χ2v) is 8.80. The highest BCUT2D eigenvalue weighted by atomic mass is 19.4. The average molecular weight is 452 g/mol. The predicted molar refractivity (Wildman–Crippen MR) is 114 cm³/mol. The van der Waals surface area contributed by atoms with Crippen LogP contribution in [0.2, 0.25) is 0 Å². The molecule has 1 aromatic heterocycles. The van der Waals surface area contributed by atoms with Crippen molar-refractivity contribution in [2.45, 2.75) is 32.5 Å². The highest BCUT2D eigenvalue weighted by Crippen LogP contribution is 2.47. The molecule has 0 radical (unpaired) electrons. The molecule has 1 aliphatic carbocycles. The van der Waals surface area contributed by atoms with Crippen LogP contribution in [0, 0.1) is 12.3 Å². The summed E-state index contributed by atoms with van der Waals surface area (Å²) in [5.41, 5.74) is 0.462. The van der Waals surface area contributed by atoms with Crippen LogP contribution in [0.3, 0.4) is 0 Å². The molecule has 0 unspecified atom stereocenters. The number of piperazine rings is 1. The quantitative estimate of drug-likeness (QED) is 0.699. The molecule has 2 aromatic rings. The number of hydrogen-bond acceptors (Lipinski definition) is 5. The number of H-pyrrole nitrogens is 1. The Morgan fingerprint density at radius 1 is 1.06 bits per heavy atom. The number of aryl methyl sites for hydroxylation is 1. The van der Waals surface area contributed by atoms with E-state index in [9.17, 15) is 22.8 Å². The molecule has 2 heterocycles. The fraction of sp³-hybridized carbons (Fsp3) is 0.545. The van der Waals surface area contributed by atoms with Crippen molar-refractivity contribution >= 4 is 5.69 Å². The number of para-hydroxylation sites is 2. The summed E-state index contributed by atoms with van der Waals surface area (Å²) in [4.78, 5) is 31.5. The van der Waals surface area contributed by atoms with E-state index >= 15 is 0 Å². The van der Waals surface area contributed by atoms with Crippen molar-refractivity contribution in [2.75, 3.05) is 44.2 Å². The molecule has 1 saturated carbocycles. The van der Waals surface area contributed by atoms with E-state index in [0.717, 1.165) is 32.5 Å². The topological polar surface area (TPSA) is 70.6 Å². The van der Waals surface area contributed by atoms with Gasteiger partial charge in [-0.3, -0.25) is 14.3 Å². The van der Waals surface area contributed by atoms with E-state index in [-0.39, 0.29) is 22.4 Å². The molecule has 4 rings (SSSR count). The van der Waals surface area contributed by atoms with E-state index in [1.807, 2.05) is 4.90 Å². The van der Waals surface area contributed by atoms with Gasteiger partial charge in [-0.2, -0.15) is 13.2 Å². The highest BCUT2D eigenvalue weighted by molar-refractivity contribution is 5.58. The first kappa shape index (κ1) is 22.4. The van der Waals surface area contributed by atoms with Crippen LogP contribution in [-0.4, -0.2) is 60.0 Å². The van der Waals surface area contributed by atoms with Crippen molar-refractivity contribution in [1.29, 1.82) is 0 Å². The Labute approximate surface area is 183 Å². The monoisotopic (exact) mass is 452 g/mol. The number of halogens is 3. The summed E-state index contributed by atoms with van der Waals surface area (Å²) in [6, 6.07) is 6.79. The van der Waals surface area contributed by atoms with Gasteiger partial charge in [-0.25, -0.2) is 4.79 Å². The largest absolute Gasteiger partial charge is 0.482 e. The zero-order valence-electron chi connectivity index (χ0n) is 18.0. The first-order valence-corrected chi connectivity index (χ1v) is 10.7. The number of ether oxygens (including phenoxy) is 1. The fourth-order valence-electron chi connectivity index (χ4n) is 4.26. The number of rotatable bonds is 7. The number of nitrogens with one attached hydrogen (secondary N) is 1. The summed E-state index contributed by atoms with van der Waals surface area (Å²) in [5.74, 6) is 0.231. The lowest BCUT2D eigenvalue weighted by Gasteiger charge is -2.38. The maximum absolute atomic E-state index is 12.6. The number of anilines is 1. The summed E-state index contributed by atoms with van der Waals surface area (Å²) in [6.45, 7) is 4.36. The molecule has 2 aliphatic rings. The van der Waals surface area contributed by atoms with Crippen molar-refractivity contribution < 1.29 is 17.9 Å². The van der Waals surface area contributed by atoms with Gasteiger partial charge in [-0.15, -0.1) is 0 Å². The normalized spacial score (nSPS) is 18.6. The second kappa shape index (κ2) is 8.65. The van der Waals surface area contributed by atoms with Crippen LogP contribution in [0.15, 0.2) is 40.1 Å². The van der Waals surface area contributed by atoms with E-state index in [4.69, 9.17) is 4.74 Å². The number of nitrogens with zero attached hydrogens (tertiary/aromatic N) is 3. The minimum Gasteiger partial charge on any atom is -0.482 e. The van der Waals surface area contributed by atoms with Gasteiger partial charge in [-0.1, -0.05) is 12.1 Å². The molecule has 10 heteroatoms. The number of alkyl halides is 3. The average Bonchev–Trinajstić information content (AvgIpc) is 3.52. The molecule has 1 saturated heterocycles. The zero-order chi connectivity index (χ0) is 22.9. The Balaban J connectivity index is 1.37. The zero-order valence-corrected chi connectivity index (χ0v) is 18.0. The third-order valence-corrected chi connectivity index (χ3v) is 6.22. The van der Waals surface area contributed by atoms with Crippen molar-refractivity contribution in [3.8, 4) is 5.75 Å². The van der Waals surface area contributed by atoms with Gasteiger partial charge in [-0.05, 0) is 31.9 Å². The fourth-order valence-corrected chi connectivity index (χ4v) is 4.26. The molecule has 2 fully saturated rings. The molecule has 32 heavy (non-hydrogen) atoms. The first-order valence-electron chi connectivity index (χ1n) is 10.7. The van der Waals surface area contributed by atoms with Gasteiger partial charge in [0.1, 0.15) is 5.75 Å². The molecular formula is C22H27F3N4O3. The van der Waals surface area contributed by atoms with E-state index in [2.05, 4.69) is 9.88 Å². The second-order valence-electron chi connectivity index (χ2n) is 8.80. The van der Waals surface area contributed by atoms with Gasteiger partial charge in [0.05, 0.1) is 5.69 Å². The molecule has 0 atom stereocenters. The maximum atomic E-state index is 12.6. The standard InChI is InChI=1S/C22H27F3N4O3/c1-16-12-26-20(31)29(19(16)30)14-21(6-7-21)13-27-8-10-28(11-9-27)17-4-2-3-5-18(17)32-15-22(23,24)25/h2-5,12H,6-11,13-15H2,1H3,(H,26,31). The predicted octanol–water partition coefficient (Wildman–Crippen LogP) is 2.39. The van der Waals surface area contributed by atoms with Crippen molar-refractivity contribution in [1.82, 2.24) is 14.5 Å². The summed E-state index contributed by atoms with van der Waals surface area (Å²) in [6.07, 6.45) is -1.02. The molecule has 1 aromatic carbocycles. The minimum atomic E-state index is -4.38. The van der Waals surface area contributed by atoms with Crippen LogP contribution in [-0.2, 0) is 6.54 Å². The summed E-state index contributed by atoms with van der Waals surface area (Å²) in [5, 5.41) is 0. The number of aromatic amines is 1. The van der Waals surface area contributed by atoms with E-state index in [1.54, 1.807) is 31.2 Å². The lowest BCUT2D eigenvalue weighted by molar-refractivity contribution is -0.153. The molecule has 174 valence electrons. The smallest absolute Gasteiger partial charge is 0.422 e. The SMILES string of the molecule is Cc1c[nH]c(=O)n(CC2(CN3CCN(c4ccccc4OCC(F)(F)F)CC3)CC2)c1=O. The lowest BCUT2D eigenvalue weighted by atomic mass is 10.1. The molecule has 1 aliphatic heterocycles. The Kier molecular flexibility index (Phi) is 6.07. The Morgan fingerprint density at radius 2 is 1.75 bits per heavy atom. The van der Waals surface area contributed by atoms with Crippen LogP contribution in [0.4, 0.5) is 18.9 Å². The summed E-state index contributed by atoms with van der Waals surface area (Å²) in [7, 11) is 0. The van der Waals surface area contributed by atoms with Crippen LogP contribution < -0.4 is 20.9 Å². The Morgan fingerprint density at radius 3 is 2.41 bits per heavy atom. The number of benzene rings is 1. The van der Waals surface area contributed by atoms with Crippen molar-refractivity contribution in [3.05, 3.63) is 56.9 Å². The van der Waals surface area contributed by atoms with Crippen molar-refractivity contribution in [2.24, 2.45) is 5.41 Å². The molecular weight excluding hydrogens is 425 g/mol. The Bertz CT molecular complexity index is 1070. The molecule has 1 N–H and O–H groups in total. The molecule has 0 spiro atoms. The summed E-state index contributed by atoms with van der Waals surface area (Å²) < 4.78 is 44.0. The van der Waals surface area contributed by atoms with E-state index < -0.39 is 12.8 Å². The van der Waals surface area contributed by atoms with E-state index in [1.165, 1.54) is 10.8 Å². The third kappa shape index (κ3) is 5.17.